The highest BCUT2D eigenvalue weighted by Gasteiger charge is 2.20. The van der Waals surface area contributed by atoms with Crippen molar-refractivity contribution >= 4 is 11.8 Å². The van der Waals surface area contributed by atoms with E-state index in [1.54, 1.807) is 0 Å². The molecule has 0 aromatic heterocycles. The summed E-state index contributed by atoms with van der Waals surface area (Å²) in [5.41, 5.74) is 1.97. The van der Waals surface area contributed by atoms with E-state index in [1.165, 1.54) is 11.3 Å². The molecule has 1 saturated heterocycles. The van der Waals surface area contributed by atoms with E-state index in [-0.39, 0.29) is 6.09 Å². The molecule has 1 heterocycles. The molecule has 1 aliphatic rings. The van der Waals surface area contributed by atoms with Gasteiger partial charge < -0.3 is 19.7 Å². The van der Waals surface area contributed by atoms with Crippen LogP contribution in [0, 0.1) is 5.92 Å². The Morgan fingerprint density at radius 3 is 2.33 bits per heavy atom. The van der Waals surface area contributed by atoms with Gasteiger partial charge in [0.15, 0.2) is 0 Å². The number of anilines is 1. The van der Waals surface area contributed by atoms with Gasteiger partial charge >= 0.3 is 6.09 Å². The number of hydrogen-bond donors (Lipinski definition) is 1. The molecule has 30 heavy (non-hydrogen) atoms. The molecule has 1 amide bonds. The van der Waals surface area contributed by atoms with Crippen molar-refractivity contribution in [2.45, 2.75) is 52.2 Å². The van der Waals surface area contributed by atoms with Crippen molar-refractivity contribution in [3.05, 3.63) is 60.2 Å². The van der Waals surface area contributed by atoms with Gasteiger partial charge in [0.2, 0.25) is 0 Å². The lowest BCUT2D eigenvalue weighted by Gasteiger charge is -2.33. The number of carbonyl (C=O) groups excluding carboxylic acids is 1. The average molecular weight is 411 g/mol. The zero-order chi connectivity index (χ0) is 21.4. The molecule has 0 unspecified atom stereocenters. The number of rotatable bonds is 7. The van der Waals surface area contributed by atoms with E-state index in [0.717, 1.165) is 38.1 Å². The summed E-state index contributed by atoms with van der Waals surface area (Å²) >= 11 is 0. The first kappa shape index (κ1) is 22.0. The van der Waals surface area contributed by atoms with Crippen LogP contribution in [0.2, 0.25) is 0 Å². The molecule has 0 spiro atoms. The summed E-state index contributed by atoms with van der Waals surface area (Å²) in [6.45, 7) is 8.98. The molecule has 0 bridgehead atoms. The van der Waals surface area contributed by atoms with Gasteiger partial charge in [-0.3, -0.25) is 0 Å². The van der Waals surface area contributed by atoms with Gasteiger partial charge in [0.05, 0.1) is 0 Å². The summed E-state index contributed by atoms with van der Waals surface area (Å²) in [7, 11) is 0. The molecule has 2 aromatic rings. The Labute approximate surface area is 180 Å². The predicted octanol–water partition coefficient (Wildman–Crippen LogP) is 5.40. The monoisotopic (exact) mass is 410 g/mol. The molecule has 3 rings (SSSR count). The van der Waals surface area contributed by atoms with E-state index >= 15 is 0 Å². The van der Waals surface area contributed by atoms with Crippen LogP contribution in [0.1, 0.15) is 45.6 Å². The third kappa shape index (κ3) is 7.29. The second-order valence-corrected chi connectivity index (χ2v) is 8.92. The highest BCUT2D eigenvalue weighted by atomic mass is 16.6. The number of amides is 1. The van der Waals surface area contributed by atoms with Gasteiger partial charge in [-0.1, -0.05) is 30.3 Å². The fraction of sp³-hybridized carbons (Fsp3) is 0.480. The van der Waals surface area contributed by atoms with Crippen molar-refractivity contribution in [1.29, 1.82) is 0 Å². The molecule has 2 aromatic carbocycles. The molecule has 0 radical (unpaired) electrons. The highest BCUT2D eigenvalue weighted by molar-refractivity contribution is 5.67. The van der Waals surface area contributed by atoms with E-state index in [2.05, 4.69) is 46.6 Å². The number of carbonyl (C=O) groups is 1. The first-order valence-corrected chi connectivity index (χ1v) is 10.9. The Balaban J connectivity index is 1.37. The Bertz CT molecular complexity index is 776. The predicted molar refractivity (Wildman–Crippen MR) is 121 cm³/mol. The first-order valence-electron chi connectivity index (χ1n) is 10.9. The maximum Gasteiger partial charge on any atom is 0.407 e. The first-order chi connectivity index (χ1) is 14.4. The lowest BCUT2D eigenvalue weighted by Crippen LogP contribution is -2.36. The van der Waals surface area contributed by atoms with Crippen molar-refractivity contribution in [3.63, 3.8) is 0 Å². The van der Waals surface area contributed by atoms with Crippen LogP contribution in [0.25, 0.3) is 0 Å². The summed E-state index contributed by atoms with van der Waals surface area (Å²) in [5, 5.41) is 2.87. The Kier molecular flexibility index (Phi) is 7.61. The van der Waals surface area contributed by atoms with Crippen LogP contribution in [0.3, 0.4) is 0 Å². The Hall–Kier alpha value is -2.69. The van der Waals surface area contributed by atoms with Crippen LogP contribution in [0.15, 0.2) is 54.6 Å². The summed E-state index contributed by atoms with van der Waals surface area (Å²) in [4.78, 5) is 14.2. The van der Waals surface area contributed by atoms with Crippen LogP contribution in [-0.4, -0.2) is 31.3 Å². The van der Waals surface area contributed by atoms with E-state index in [1.807, 2.05) is 39.0 Å². The fourth-order valence-electron chi connectivity index (χ4n) is 3.67. The normalized spacial score (nSPS) is 15.0. The maximum absolute atomic E-state index is 11.7. The lowest BCUT2D eigenvalue weighted by atomic mass is 9.93. The van der Waals surface area contributed by atoms with Crippen molar-refractivity contribution in [2.24, 2.45) is 5.92 Å². The highest BCUT2D eigenvalue weighted by Crippen LogP contribution is 2.26. The second kappa shape index (κ2) is 10.4. The van der Waals surface area contributed by atoms with Gasteiger partial charge in [-0.05, 0) is 75.8 Å². The fourth-order valence-corrected chi connectivity index (χ4v) is 3.67. The minimum absolute atomic E-state index is 0.325. The standard InChI is InChI=1S/C25H34N2O3/c1-25(2,3)30-24(28)26-16-13-20-14-17-27(18-15-20)22-9-11-23(12-10-22)29-19-21-7-5-4-6-8-21/h4-12,20H,13-19H2,1-3H3,(H,26,28). The van der Waals surface area contributed by atoms with E-state index in [4.69, 9.17) is 9.47 Å². The average Bonchev–Trinajstić information content (AvgIpc) is 2.73. The van der Waals surface area contributed by atoms with Gasteiger partial charge in [-0.25, -0.2) is 4.79 Å². The number of benzene rings is 2. The van der Waals surface area contributed by atoms with Crippen molar-refractivity contribution in [2.75, 3.05) is 24.5 Å². The molecule has 0 saturated carbocycles. The minimum atomic E-state index is -0.447. The van der Waals surface area contributed by atoms with Gasteiger partial charge in [-0.15, -0.1) is 0 Å². The van der Waals surface area contributed by atoms with E-state index < -0.39 is 5.60 Å². The van der Waals surface area contributed by atoms with Crippen LogP contribution in [0.5, 0.6) is 5.75 Å². The topological polar surface area (TPSA) is 50.8 Å². The van der Waals surface area contributed by atoms with Gasteiger partial charge in [0.25, 0.3) is 0 Å². The summed E-state index contributed by atoms with van der Waals surface area (Å²) in [6.07, 6.45) is 2.96. The SMILES string of the molecule is CC(C)(C)OC(=O)NCCC1CCN(c2ccc(OCc3ccccc3)cc2)CC1. The Morgan fingerprint density at radius 1 is 1.03 bits per heavy atom. The molecule has 1 aliphatic heterocycles. The van der Waals surface area contributed by atoms with Crippen molar-refractivity contribution < 1.29 is 14.3 Å². The Morgan fingerprint density at radius 2 is 1.70 bits per heavy atom. The molecule has 162 valence electrons. The van der Waals surface area contributed by atoms with Crippen LogP contribution in [-0.2, 0) is 11.3 Å². The third-order valence-corrected chi connectivity index (χ3v) is 5.29. The molecule has 1 N–H and O–H groups in total. The van der Waals surface area contributed by atoms with Crippen LogP contribution in [0.4, 0.5) is 10.5 Å². The third-order valence-electron chi connectivity index (χ3n) is 5.29. The molecular formula is C25H34N2O3. The number of hydrogen-bond acceptors (Lipinski definition) is 4. The summed E-state index contributed by atoms with van der Waals surface area (Å²) < 4.78 is 11.2. The number of piperidine rings is 1. The van der Waals surface area contributed by atoms with Gasteiger partial charge in [0.1, 0.15) is 18.0 Å². The quantitative estimate of drug-likeness (QED) is 0.664. The lowest BCUT2D eigenvalue weighted by molar-refractivity contribution is 0.0524. The van der Waals surface area contributed by atoms with Gasteiger partial charge in [0, 0.05) is 25.3 Å². The summed E-state index contributed by atoms with van der Waals surface area (Å²) in [5.74, 6) is 1.54. The van der Waals surface area contributed by atoms with Crippen molar-refractivity contribution in [3.8, 4) is 5.75 Å². The van der Waals surface area contributed by atoms with Crippen LogP contribution >= 0.6 is 0 Å². The number of nitrogens with one attached hydrogen (secondary N) is 1. The number of alkyl carbamates (subject to hydrolysis) is 1. The second-order valence-electron chi connectivity index (χ2n) is 8.92. The smallest absolute Gasteiger partial charge is 0.407 e. The molecule has 5 heteroatoms. The molecular weight excluding hydrogens is 376 g/mol. The van der Waals surface area contributed by atoms with Crippen LogP contribution < -0.4 is 15.0 Å². The molecule has 0 aliphatic carbocycles. The van der Waals surface area contributed by atoms with Gasteiger partial charge in [-0.2, -0.15) is 0 Å². The maximum atomic E-state index is 11.7. The zero-order valence-corrected chi connectivity index (χ0v) is 18.4. The number of ether oxygens (including phenoxy) is 2. The zero-order valence-electron chi connectivity index (χ0n) is 18.4. The molecule has 0 atom stereocenters. The number of nitrogens with zero attached hydrogens (tertiary/aromatic N) is 1. The molecule has 5 nitrogen and oxygen atoms in total. The summed E-state index contributed by atoms with van der Waals surface area (Å²) in [6, 6.07) is 18.6. The minimum Gasteiger partial charge on any atom is -0.489 e. The van der Waals surface area contributed by atoms with Crippen molar-refractivity contribution in [1.82, 2.24) is 5.32 Å². The molecule has 1 fully saturated rings. The largest absolute Gasteiger partial charge is 0.489 e. The van der Waals surface area contributed by atoms with E-state index in [9.17, 15) is 4.79 Å². The van der Waals surface area contributed by atoms with E-state index in [0.29, 0.717) is 19.1 Å².